The van der Waals surface area contributed by atoms with Crippen LogP contribution in [0.25, 0.3) is 6.08 Å². The molecule has 1 heterocycles. The Kier molecular flexibility index (Phi) is 6.02. The zero-order valence-corrected chi connectivity index (χ0v) is 16.9. The summed E-state index contributed by atoms with van der Waals surface area (Å²) in [6.45, 7) is 6.52. The van der Waals surface area contributed by atoms with Gasteiger partial charge in [0.25, 0.3) is 0 Å². The molecule has 27 heavy (non-hydrogen) atoms. The number of benzene rings is 2. The SMILES string of the molecule is CC(C)Oc1ccc(S(=O)(=O)N2C[C@@H](C)C[C@@H]2C=Cc2ccccc2)cc1. The number of hydrogen-bond donors (Lipinski definition) is 0. The molecule has 2 aromatic rings. The first kappa shape index (κ1) is 19.6. The largest absolute Gasteiger partial charge is 0.491 e. The number of rotatable bonds is 6. The standard InChI is InChI=1S/C22H27NO3S/c1-17(2)26-21-11-13-22(14-12-21)27(24,25)23-16-18(3)15-20(23)10-9-19-7-5-4-6-8-19/h4-14,17-18,20H,15-16H2,1-3H3/t18-,20-/m0/s1. The summed E-state index contributed by atoms with van der Waals surface area (Å²) in [5, 5.41) is 0. The Bertz CT molecular complexity index is 874. The summed E-state index contributed by atoms with van der Waals surface area (Å²) in [6.07, 6.45) is 4.90. The quantitative estimate of drug-likeness (QED) is 0.731. The molecule has 2 atom stereocenters. The van der Waals surface area contributed by atoms with Crippen molar-refractivity contribution in [1.82, 2.24) is 4.31 Å². The lowest BCUT2D eigenvalue weighted by molar-refractivity contribution is 0.242. The monoisotopic (exact) mass is 385 g/mol. The Balaban J connectivity index is 1.82. The van der Waals surface area contributed by atoms with Gasteiger partial charge in [0, 0.05) is 12.6 Å². The average Bonchev–Trinajstić information content (AvgIpc) is 3.02. The molecule has 0 aromatic heterocycles. The van der Waals surface area contributed by atoms with Gasteiger partial charge in [-0.25, -0.2) is 8.42 Å². The second-order valence-corrected chi connectivity index (χ2v) is 9.28. The molecule has 5 heteroatoms. The minimum atomic E-state index is -3.54. The van der Waals surface area contributed by atoms with E-state index in [-0.39, 0.29) is 12.1 Å². The van der Waals surface area contributed by atoms with E-state index in [2.05, 4.69) is 6.92 Å². The van der Waals surface area contributed by atoms with Crippen LogP contribution < -0.4 is 4.74 Å². The molecule has 0 radical (unpaired) electrons. The molecule has 0 spiro atoms. The smallest absolute Gasteiger partial charge is 0.243 e. The molecule has 0 bridgehead atoms. The van der Waals surface area contributed by atoms with E-state index in [1.165, 1.54) is 0 Å². The van der Waals surface area contributed by atoms with Crippen molar-refractivity contribution in [3.05, 3.63) is 66.2 Å². The van der Waals surface area contributed by atoms with Crippen LogP contribution in [0, 0.1) is 5.92 Å². The van der Waals surface area contributed by atoms with E-state index in [0.29, 0.717) is 23.1 Å². The first-order valence-corrected chi connectivity index (χ1v) is 10.8. The van der Waals surface area contributed by atoms with E-state index in [1.54, 1.807) is 28.6 Å². The van der Waals surface area contributed by atoms with E-state index >= 15 is 0 Å². The van der Waals surface area contributed by atoms with Crippen molar-refractivity contribution in [3.63, 3.8) is 0 Å². The predicted octanol–water partition coefficient (Wildman–Crippen LogP) is 4.59. The third-order valence-electron chi connectivity index (χ3n) is 4.62. The molecule has 0 unspecified atom stereocenters. The molecule has 2 aromatic carbocycles. The Morgan fingerprint density at radius 1 is 1.07 bits per heavy atom. The third kappa shape index (κ3) is 4.79. The maximum atomic E-state index is 13.2. The van der Waals surface area contributed by atoms with Crippen LogP contribution in [0.5, 0.6) is 5.75 Å². The molecule has 0 saturated carbocycles. The summed E-state index contributed by atoms with van der Waals surface area (Å²) >= 11 is 0. The molecule has 144 valence electrons. The van der Waals surface area contributed by atoms with Gasteiger partial charge in [-0.15, -0.1) is 0 Å². The zero-order valence-electron chi connectivity index (χ0n) is 16.1. The fourth-order valence-electron chi connectivity index (χ4n) is 3.38. The van der Waals surface area contributed by atoms with Gasteiger partial charge in [0.05, 0.1) is 11.0 Å². The van der Waals surface area contributed by atoms with E-state index < -0.39 is 10.0 Å². The maximum Gasteiger partial charge on any atom is 0.243 e. The van der Waals surface area contributed by atoms with Crippen molar-refractivity contribution in [2.45, 2.75) is 44.2 Å². The molecule has 4 nitrogen and oxygen atoms in total. The summed E-state index contributed by atoms with van der Waals surface area (Å²) in [6, 6.07) is 16.5. The van der Waals surface area contributed by atoms with Gasteiger partial charge < -0.3 is 4.74 Å². The number of ether oxygens (including phenoxy) is 1. The highest BCUT2D eigenvalue weighted by Gasteiger charge is 2.37. The lowest BCUT2D eigenvalue weighted by atomic mass is 10.1. The third-order valence-corrected chi connectivity index (χ3v) is 6.52. The number of sulfonamides is 1. The molecule has 1 aliphatic heterocycles. The topological polar surface area (TPSA) is 46.6 Å². The van der Waals surface area contributed by atoms with E-state index in [0.717, 1.165) is 12.0 Å². The average molecular weight is 386 g/mol. The van der Waals surface area contributed by atoms with Crippen LogP contribution >= 0.6 is 0 Å². The Labute approximate surface area is 162 Å². The van der Waals surface area contributed by atoms with Gasteiger partial charge in [-0.3, -0.25) is 0 Å². The normalized spacial score (nSPS) is 21.2. The van der Waals surface area contributed by atoms with Gasteiger partial charge in [-0.2, -0.15) is 4.31 Å². The van der Waals surface area contributed by atoms with E-state index in [9.17, 15) is 8.42 Å². The van der Waals surface area contributed by atoms with Gasteiger partial charge in [0.1, 0.15) is 5.75 Å². The number of hydrogen-bond acceptors (Lipinski definition) is 3. The second kappa shape index (κ2) is 8.28. The summed E-state index contributed by atoms with van der Waals surface area (Å²) in [7, 11) is -3.54. The number of nitrogens with zero attached hydrogens (tertiary/aromatic N) is 1. The van der Waals surface area contributed by atoms with Crippen LogP contribution in [0.15, 0.2) is 65.6 Å². The van der Waals surface area contributed by atoms with Crippen LogP contribution in [0.3, 0.4) is 0 Å². The molecule has 1 aliphatic rings. The molecule has 1 saturated heterocycles. The highest BCUT2D eigenvalue weighted by Crippen LogP contribution is 2.31. The lowest BCUT2D eigenvalue weighted by Crippen LogP contribution is -2.34. The Hall–Kier alpha value is -2.11. The highest BCUT2D eigenvalue weighted by molar-refractivity contribution is 7.89. The van der Waals surface area contributed by atoms with Gasteiger partial charge in [0.2, 0.25) is 10.0 Å². The van der Waals surface area contributed by atoms with Crippen LogP contribution in [-0.2, 0) is 10.0 Å². The minimum absolute atomic E-state index is 0.0550. The Morgan fingerprint density at radius 3 is 2.37 bits per heavy atom. The molecule has 1 fully saturated rings. The summed E-state index contributed by atoms with van der Waals surface area (Å²) in [5.41, 5.74) is 1.07. The van der Waals surface area contributed by atoms with Crippen molar-refractivity contribution in [3.8, 4) is 5.75 Å². The Morgan fingerprint density at radius 2 is 1.74 bits per heavy atom. The van der Waals surface area contributed by atoms with Gasteiger partial charge >= 0.3 is 0 Å². The van der Waals surface area contributed by atoms with Crippen LogP contribution in [-0.4, -0.2) is 31.4 Å². The van der Waals surface area contributed by atoms with Gasteiger partial charge in [-0.1, -0.05) is 49.4 Å². The predicted molar refractivity (Wildman–Crippen MR) is 109 cm³/mol. The van der Waals surface area contributed by atoms with Crippen LogP contribution in [0.2, 0.25) is 0 Å². The van der Waals surface area contributed by atoms with Crippen molar-refractivity contribution >= 4 is 16.1 Å². The van der Waals surface area contributed by atoms with Crippen molar-refractivity contribution < 1.29 is 13.2 Å². The maximum absolute atomic E-state index is 13.2. The van der Waals surface area contributed by atoms with Crippen molar-refractivity contribution in [1.29, 1.82) is 0 Å². The van der Waals surface area contributed by atoms with Crippen LogP contribution in [0.4, 0.5) is 0 Å². The molecular weight excluding hydrogens is 358 g/mol. The van der Waals surface area contributed by atoms with Crippen molar-refractivity contribution in [2.24, 2.45) is 5.92 Å². The summed E-state index contributed by atoms with van der Waals surface area (Å²) < 4.78 is 33.6. The van der Waals surface area contributed by atoms with Gasteiger partial charge in [-0.05, 0) is 56.0 Å². The minimum Gasteiger partial charge on any atom is -0.491 e. The molecular formula is C22H27NO3S. The molecule has 0 N–H and O–H groups in total. The fraction of sp³-hybridized carbons (Fsp3) is 0.364. The lowest BCUT2D eigenvalue weighted by Gasteiger charge is -2.22. The molecule has 3 rings (SSSR count). The van der Waals surface area contributed by atoms with E-state index in [4.69, 9.17) is 4.74 Å². The first-order valence-electron chi connectivity index (χ1n) is 9.38. The van der Waals surface area contributed by atoms with Crippen molar-refractivity contribution in [2.75, 3.05) is 6.54 Å². The summed E-state index contributed by atoms with van der Waals surface area (Å²) in [5.74, 6) is 1.01. The molecule has 0 aliphatic carbocycles. The second-order valence-electron chi connectivity index (χ2n) is 7.39. The van der Waals surface area contributed by atoms with E-state index in [1.807, 2.05) is 56.3 Å². The van der Waals surface area contributed by atoms with Gasteiger partial charge in [0.15, 0.2) is 0 Å². The molecule has 0 amide bonds. The first-order chi connectivity index (χ1) is 12.9. The fourth-order valence-corrected chi connectivity index (χ4v) is 5.10. The van der Waals surface area contributed by atoms with Crippen LogP contribution in [0.1, 0.15) is 32.8 Å². The summed E-state index contributed by atoms with van der Waals surface area (Å²) in [4.78, 5) is 0.311. The highest BCUT2D eigenvalue weighted by atomic mass is 32.2. The zero-order chi connectivity index (χ0) is 19.4.